The van der Waals surface area contributed by atoms with E-state index in [0.29, 0.717) is 19.0 Å². The minimum absolute atomic E-state index is 0. The van der Waals surface area contributed by atoms with Crippen molar-refractivity contribution in [3.05, 3.63) is 17.0 Å². The highest BCUT2D eigenvalue weighted by atomic mass is 127. The van der Waals surface area contributed by atoms with Crippen LogP contribution in [0.25, 0.3) is 0 Å². The number of rotatable bonds is 6. The normalized spacial score (nSPS) is 17.9. The van der Waals surface area contributed by atoms with E-state index in [2.05, 4.69) is 34.6 Å². The molecule has 0 aromatic carbocycles. The molecule has 0 amide bonds. The standard InChI is InChI=1S/C18H34N6O2S.HI/c1-13(11-17-14(2)22-23(5)15(17)3)21-18(19-4)20-12-16-7-9-24(10-8-16)27(6,25)26;/h13,16H,7-12H2,1-6H3,(H2,19,20,21);1H. The predicted octanol–water partition coefficient (Wildman–Crippen LogP) is 1.42. The van der Waals surface area contributed by atoms with Gasteiger partial charge >= 0.3 is 0 Å². The Kier molecular flexibility index (Phi) is 9.68. The molecule has 0 radical (unpaired) electrons. The Morgan fingerprint density at radius 3 is 2.39 bits per heavy atom. The van der Waals surface area contributed by atoms with E-state index >= 15 is 0 Å². The molecule has 0 saturated carbocycles. The zero-order valence-electron chi connectivity index (χ0n) is 17.8. The molecule has 1 unspecified atom stereocenters. The second-order valence-electron chi connectivity index (χ2n) is 7.58. The number of guanidine groups is 1. The molecule has 0 aliphatic carbocycles. The molecule has 1 saturated heterocycles. The maximum atomic E-state index is 11.6. The summed E-state index contributed by atoms with van der Waals surface area (Å²) in [5.74, 6) is 1.24. The zero-order valence-corrected chi connectivity index (χ0v) is 21.0. The molecule has 28 heavy (non-hydrogen) atoms. The summed E-state index contributed by atoms with van der Waals surface area (Å²) >= 11 is 0. The highest BCUT2D eigenvalue weighted by Crippen LogP contribution is 2.18. The third-order valence-electron chi connectivity index (χ3n) is 5.38. The van der Waals surface area contributed by atoms with E-state index in [4.69, 9.17) is 0 Å². The molecular weight excluding hydrogens is 491 g/mol. The van der Waals surface area contributed by atoms with Crippen LogP contribution in [0.1, 0.15) is 36.7 Å². The number of sulfonamides is 1. The number of hydrogen-bond donors (Lipinski definition) is 2. The average Bonchev–Trinajstić information content (AvgIpc) is 2.84. The Bertz CT molecular complexity index is 769. The summed E-state index contributed by atoms with van der Waals surface area (Å²) in [5, 5.41) is 11.3. The molecule has 162 valence electrons. The zero-order chi connectivity index (χ0) is 20.2. The van der Waals surface area contributed by atoms with Crippen LogP contribution < -0.4 is 10.6 Å². The topological polar surface area (TPSA) is 91.6 Å². The number of piperidine rings is 1. The van der Waals surface area contributed by atoms with Crippen LogP contribution in [0.3, 0.4) is 0 Å². The molecule has 1 aliphatic heterocycles. The summed E-state index contributed by atoms with van der Waals surface area (Å²) in [7, 11) is 0.678. The molecule has 0 spiro atoms. The molecule has 1 aliphatic rings. The summed E-state index contributed by atoms with van der Waals surface area (Å²) in [6.45, 7) is 8.29. The van der Waals surface area contributed by atoms with Crippen LogP contribution >= 0.6 is 24.0 Å². The number of nitrogens with zero attached hydrogens (tertiary/aromatic N) is 4. The Hall–Kier alpha value is -0.880. The van der Waals surface area contributed by atoms with Gasteiger partial charge in [0, 0.05) is 45.5 Å². The van der Waals surface area contributed by atoms with E-state index in [1.165, 1.54) is 17.5 Å². The van der Waals surface area contributed by atoms with Gasteiger partial charge in [0.15, 0.2) is 5.96 Å². The first kappa shape index (κ1) is 25.2. The summed E-state index contributed by atoms with van der Waals surface area (Å²) in [6, 6.07) is 0.227. The van der Waals surface area contributed by atoms with Crippen LogP contribution in [0, 0.1) is 19.8 Å². The smallest absolute Gasteiger partial charge is 0.211 e. The lowest BCUT2D eigenvalue weighted by Crippen LogP contribution is -2.46. The van der Waals surface area contributed by atoms with E-state index < -0.39 is 10.0 Å². The van der Waals surface area contributed by atoms with Gasteiger partial charge in [-0.05, 0) is 51.5 Å². The molecule has 1 aromatic heterocycles. The fourth-order valence-corrected chi connectivity index (χ4v) is 4.46. The second kappa shape index (κ2) is 10.8. The van der Waals surface area contributed by atoms with E-state index in [-0.39, 0.29) is 30.0 Å². The van der Waals surface area contributed by atoms with Crippen molar-refractivity contribution in [2.75, 3.05) is 32.9 Å². The van der Waals surface area contributed by atoms with E-state index in [1.807, 2.05) is 18.7 Å². The van der Waals surface area contributed by atoms with Crippen LogP contribution in [0.4, 0.5) is 0 Å². The number of aryl methyl sites for hydroxylation is 2. The van der Waals surface area contributed by atoms with Crippen LogP contribution in [0.2, 0.25) is 0 Å². The average molecular weight is 526 g/mol. The molecule has 1 aromatic rings. The Morgan fingerprint density at radius 1 is 1.32 bits per heavy atom. The van der Waals surface area contributed by atoms with Crippen molar-refractivity contribution in [2.45, 2.75) is 46.1 Å². The van der Waals surface area contributed by atoms with Crippen molar-refractivity contribution in [3.8, 4) is 0 Å². The van der Waals surface area contributed by atoms with Gasteiger partial charge in [-0.2, -0.15) is 5.10 Å². The van der Waals surface area contributed by atoms with Gasteiger partial charge in [0.25, 0.3) is 0 Å². The van der Waals surface area contributed by atoms with Crippen molar-refractivity contribution < 1.29 is 8.42 Å². The molecular formula is C18H35IN6O2S. The minimum atomic E-state index is -3.07. The van der Waals surface area contributed by atoms with Crippen LogP contribution in [-0.4, -0.2) is 67.4 Å². The molecule has 1 atom stereocenters. The van der Waals surface area contributed by atoms with E-state index in [9.17, 15) is 8.42 Å². The lowest BCUT2D eigenvalue weighted by molar-refractivity contribution is 0.274. The lowest BCUT2D eigenvalue weighted by Gasteiger charge is -2.30. The maximum absolute atomic E-state index is 11.6. The lowest BCUT2D eigenvalue weighted by atomic mass is 9.98. The van der Waals surface area contributed by atoms with Gasteiger partial charge in [0.05, 0.1) is 11.9 Å². The largest absolute Gasteiger partial charge is 0.356 e. The Morgan fingerprint density at radius 2 is 1.93 bits per heavy atom. The minimum Gasteiger partial charge on any atom is -0.356 e. The molecule has 8 nitrogen and oxygen atoms in total. The van der Waals surface area contributed by atoms with Crippen molar-refractivity contribution in [2.24, 2.45) is 18.0 Å². The molecule has 0 bridgehead atoms. The number of aromatic nitrogens is 2. The van der Waals surface area contributed by atoms with Gasteiger partial charge in [0.2, 0.25) is 10.0 Å². The van der Waals surface area contributed by atoms with E-state index in [0.717, 1.165) is 37.5 Å². The molecule has 2 rings (SSSR count). The molecule has 1 fully saturated rings. The third-order valence-corrected chi connectivity index (χ3v) is 6.68. The predicted molar refractivity (Wildman–Crippen MR) is 125 cm³/mol. The first-order valence-electron chi connectivity index (χ1n) is 9.53. The van der Waals surface area contributed by atoms with Gasteiger partial charge in [-0.3, -0.25) is 9.67 Å². The van der Waals surface area contributed by atoms with Gasteiger partial charge in [-0.25, -0.2) is 12.7 Å². The summed E-state index contributed by atoms with van der Waals surface area (Å²) in [4.78, 5) is 4.33. The van der Waals surface area contributed by atoms with Gasteiger partial charge < -0.3 is 10.6 Å². The van der Waals surface area contributed by atoms with Crippen molar-refractivity contribution >= 4 is 40.0 Å². The highest BCUT2D eigenvalue weighted by molar-refractivity contribution is 14.0. The van der Waals surface area contributed by atoms with Crippen LogP contribution in [0.5, 0.6) is 0 Å². The van der Waals surface area contributed by atoms with Crippen LogP contribution in [0.15, 0.2) is 4.99 Å². The first-order valence-corrected chi connectivity index (χ1v) is 11.4. The van der Waals surface area contributed by atoms with Gasteiger partial charge in [-0.1, -0.05) is 0 Å². The van der Waals surface area contributed by atoms with Crippen molar-refractivity contribution in [1.82, 2.24) is 24.7 Å². The second-order valence-corrected chi connectivity index (χ2v) is 9.56. The summed E-state index contributed by atoms with van der Waals surface area (Å²) < 4.78 is 26.7. The molecule has 10 heteroatoms. The summed E-state index contributed by atoms with van der Waals surface area (Å²) in [6.07, 6.45) is 3.92. The molecule has 2 N–H and O–H groups in total. The number of halogens is 1. The van der Waals surface area contributed by atoms with Crippen LogP contribution in [-0.2, 0) is 23.5 Å². The quantitative estimate of drug-likeness (QED) is 0.333. The fourth-order valence-electron chi connectivity index (χ4n) is 3.58. The first-order chi connectivity index (χ1) is 12.6. The van der Waals surface area contributed by atoms with Gasteiger partial charge in [-0.15, -0.1) is 24.0 Å². The Labute approximate surface area is 186 Å². The fraction of sp³-hybridized carbons (Fsp3) is 0.778. The van der Waals surface area contributed by atoms with Crippen molar-refractivity contribution in [1.29, 1.82) is 0 Å². The Balaban J connectivity index is 0.00000392. The van der Waals surface area contributed by atoms with E-state index in [1.54, 1.807) is 11.4 Å². The van der Waals surface area contributed by atoms with Crippen molar-refractivity contribution in [3.63, 3.8) is 0 Å². The SMILES string of the molecule is CN=C(NCC1CCN(S(C)(=O)=O)CC1)NC(C)Cc1c(C)nn(C)c1C.I. The maximum Gasteiger partial charge on any atom is 0.211 e. The highest BCUT2D eigenvalue weighted by Gasteiger charge is 2.25. The number of hydrogen-bond acceptors (Lipinski definition) is 4. The van der Waals surface area contributed by atoms with Gasteiger partial charge in [0.1, 0.15) is 0 Å². The monoisotopic (exact) mass is 526 g/mol. The number of aliphatic imine (C=N–C) groups is 1. The number of nitrogens with one attached hydrogen (secondary N) is 2. The molecule has 2 heterocycles. The summed E-state index contributed by atoms with van der Waals surface area (Å²) in [5.41, 5.74) is 3.55. The third kappa shape index (κ3) is 6.87.